The molecule has 0 aliphatic carbocycles. The third-order valence-electron chi connectivity index (χ3n) is 3.29. The number of aliphatic hydroxyl groups is 1. The number of anilines is 1. The van der Waals surface area contributed by atoms with Gasteiger partial charge in [0.25, 0.3) is 0 Å². The Kier molecular flexibility index (Phi) is 3.07. The molecule has 6 atom stereocenters. The number of alkyl halides is 1. The van der Waals surface area contributed by atoms with Crippen molar-refractivity contribution >= 4 is 14.1 Å². The first-order chi connectivity index (χ1) is 9.40. The van der Waals surface area contributed by atoms with E-state index in [-0.39, 0.29) is 11.5 Å². The zero-order chi connectivity index (χ0) is 14.6. The average Bonchev–Trinajstić information content (AvgIpc) is 2.62. The normalized spacial score (nSPS) is 35.8. The predicted molar refractivity (Wildman–Crippen MR) is 61.4 cm³/mol. The minimum absolute atomic E-state index is 0.0330. The van der Waals surface area contributed by atoms with Crippen molar-refractivity contribution < 1.29 is 28.2 Å². The van der Waals surface area contributed by atoms with Gasteiger partial charge in [-0.25, -0.2) is 9.18 Å². The monoisotopic (exact) mass is 306 g/mol. The number of nitrogen functional groups attached to an aromatic ring is 1. The number of nitrogens with two attached hydrogens (primary N) is 1. The van der Waals surface area contributed by atoms with Crippen molar-refractivity contribution in [3.05, 3.63) is 22.2 Å². The van der Waals surface area contributed by atoms with Crippen molar-refractivity contribution in [3.63, 3.8) is 0 Å². The summed E-state index contributed by atoms with van der Waals surface area (Å²) in [5.74, 6) is -0.122. The number of hydrogen-bond acceptors (Lipinski definition) is 7. The molecule has 4 N–H and O–H groups in total. The van der Waals surface area contributed by atoms with Crippen molar-refractivity contribution in [2.24, 2.45) is 0 Å². The van der Waals surface area contributed by atoms with Gasteiger partial charge in [0.2, 0.25) is 0 Å². The zero-order valence-corrected chi connectivity index (χ0v) is 10.7. The number of aromatic nitrogens is 2. The van der Waals surface area contributed by atoms with Gasteiger partial charge in [-0.2, -0.15) is 4.98 Å². The molecule has 0 aromatic carbocycles. The number of ether oxygens (including phenoxy) is 1. The van der Waals surface area contributed by atoms with Crippen LogP contribution in [0.5, 0.6) is 0 Å². The summed E-state index contributed by atoms with van der Waals surface area (Å²) in [6.07, 6.45) is -7.37. The highest BCUT2D eigenvalue weighted by Crippen LogP contribution is 2.45. The van der Waals surface area contributed by atoms with E-state index >= 15 is 0 Å². The molecule has 0 amide bonds. The molecular formula is C9H10FN3O6P+. The van der Waals surface area contributed by atoms with E-state index in [1.807, 2.05) is 0 Å². The van der Waals surface area contributed by atoms with Gasteiger partial charge >= 0.3 is 13.9 Å². The second kappa shape index (κ2) is 4.54. The van der Waals surface area contributed by atoms with E-state index in [9.17, 15) is 18.9 Å². The van der Waals surface area contributed by atoms with Crippen molar-refractivity contribution in [2.75, 3.05) is 5.73 Å². The Bertz CT molecular complexity index is 639. The topological polar surface area (TPSA) is 137 Å². The van der Waals surface area contributed by atoms with Crippen LogP contribution in [0, 0.1) is 0 Å². The van der Waals surface area contributed by atoms with Gasteiger partial charge in [0.1, 0.15) is 18.0 Å². The SMILES string of the molecule is Nc1cc2n(c(=O)n1)C1OC(C(O[P+](=O)O)C1F)[C@@H]2O. The van der Waals surface area contributed by atoms with Crippen LogP contribution in [0.2, 0.25) is 0 Å². The van der Waals surface area contributed by atoms with E-state index in [0.717, 1.165) is 4.57 Å². The van der Waals surface area contributed by atoms with Gasteiger partial charge in [0.05, 0.1) is 5.69 Å². The maximum atomic E-state index is 14.2. The molecule has 3 rings (SSSR count). The minimum Gasteiger partial charge on any atom is -0.384 e. The number of nitrogens with zero attached hydrogens (tertiary/aromatic N) is 2. The van der Waals surface area contributed by atoms with Crippen LogP contribution in [0.25, 0.3) is 0 Å². The van der Waals surface area contributed by atoms with Crippen LogP contribution in [0.4, 0.5) is 10.2 Å². The first-order valence-electron chi connectivity index (χ1n) is 5.59. The van der Waals surface area contributed by atoms with Crippen molar-refractivity contribution in [2.45, 2.75) is 30.7 Å². The van der Waals surface area contributed by atoms with Crippen LogP contribution < -0.4 is 11.4 Å². The van der Waals surface area contributed by atoms with E-state index in [1.54, 1.807) is 0 Å². The first kappa shape index (κ1) is 13.5. The molecule has 0 spiro atoms. The summed E-state index contributed by atoms with van der Waals surface area (Å²) in [6, 6.07) is 1.22. The van der Waals surface area contributed by atoms with E-state index in [1.165, 1.54) is 6.07 Å². The van der Waals surface area contributed by atoms with E-state index in [0.29, 0.717) is 0 Å². The Labute approximate surface area is 111 Å². The molecule has 1 aromatic heterocycles. The zero-order valence-electron chi connectivity index (χ0n) is 9.79. The summed E-state index contributed by atoms with van der Waals surface area (Å²) in [5.41, 5.74) is 4.58. The van der Waals surface area contributed by atoms with Gasteiger partial charge in [-0.3, -0.25) is 4.57 Å². The average molecular weight is 306 g/mol. The van der Waals surface area contributed by atoms with Gasteiger partial charge < -0.3 is 15.6 Å². The second-order valence-electron chi connectivity index (χ2n) is 4.45. The molecule has 5 unspecified atom stereocenters. The van der Waals surface area contributed by atoms with Crippen LogP contribution >= 0.6 is 8.25 Å². The predicted octanol–water partition coefficient (Wildman–Crippen LogP) is -0.857. The minimum atomic E-state index is -3.08. The fraction of sp³-hybridized carbons (Fsp3) is 0.556. The molecule has 11 heteroatoms. The fourth-order valence-electron chi connectivity index (χ4n) is 2.52. The smallest absolute Gasteiger partial charge is 0.384 e. The maximum absolute atomic E-state index is 14.2. The largest absolute Gasteiger partial charge is 0.695 e. The molecule has 1 saturated heterocycles. The summed E-state index contributed by atoms with van der Waals surface area (Å²) in [6.45, 7) is 0. The number of hydrogen-bond donors (Lipinski definition) is 3. The van der Waals surface area contributed by atoms with Crippen LogP contribution in [-0.2, 0) is 13.8 Å². The fourth-order valence-corrected chi connectivity index (χ4v) is 2.96. The second-order valence-corrected chi connectivity index (χ2v) is 5.13. The lowest BCUT2D eigenvalue weighted by Crippen LogP contribution is -2.39. The lowest BCUT2D eigenvalue weighted by molar-refractivity contribution is -0.112. The van der Waals surface area contributed by atoms with Gasteiger partial charge in [0, 0.05) is 10.6 Å². The molecule has 2 aliphatic rings. The number of fused-ring (bicyclic) bond motifs is 4. The highest BCUT2D eigenvalue weighted by atomic mass is 31.1. The molecule has 0 saturated carbocycles. The highest BCUT2D eigenvalue weighted by Gasteiger charge is 2.58. The molecule has 1 aromatic rings. The third kappa shape index (κ3) is 1.85. The quantitative estimate of drug-likeness (QED) is 0.600. The summed E-state index contributed by atoms with van der Waals surface area (Å²) in [7, 11) is -3.08. The van der Waals surface area contributed by atoms with E-state index in [2.05, 4.69) is 9.51 Å². The molecule has 20 heavy (non-hydrogen) atoms. The lowest BCUT2D eigenvalue weighted by atomic mass is 10.1. The van der Waals surface area contributed by atoms with Gasteiger partial charge in [-0.1, -0.05) is 0 Å². The van der Waals surface area contributed by atoms with Crippen LogP contribution in [0.15, 0.2) is 10.9 Å². The highest BCUT2D eigenvalue weighted by molar-refractivity contribution is 7.32. The molecule has 1 fully saturated rings. The Hall–Kier alpha value is -1.45. The Balaban J connectivity index is 2.10. The molecule has 3 heterocycles. The summed E-state index contributed by atoms with van der Waals surface area (Å²) in [5, 5.41) is 10.1. The van der Waals surface area contributed by atoms with E-state index < -0.39 is 44.7 Å². The number of rotatable bonds is 2. The molecule has 2 aliphatic heterocycles. The Morgan fingerprint density at radius 1 is 1.60 bits per heavy atom. The summed E-state index contributed by atoms with van der Waals surface area (Å²) in [4.78, 5) is 23.9. The van der Waals surface area contributed by atoms with Gasteiger partial charge in [-0.15, -0.1) is 9.42 Å². The van der Waals surface area contributed by atoms with Crippen LogP contribution in [0.3, 0.4) is 0 Å². The number of aliphatic hydroxyl groups excluding tert-OH is 1. The summed E-state index contributed by atoms with van der Waals surface area (Å²) < 4.78 is 35.5. The van der Waals surface area contributed by atoms with Gasteiger partial charge in [0.15, 0.2) is 18.5 Å². The molecule has 2 bridgehead atoms. The molecule has 0 radical (unpaired) electrons. The standard InChI is InChI=1S/C9H9FN3O6P/c10-4-6(19-20(16)17)7-5(14)2-1-3(11)12-9(15)13(2)8(4)18-7/h1,4-8,14H,(H2-,11,12,15,16,17)/p+1/t4?,5-,6?,7?,8?/m1/s1. The van der Waals surface area contributed by atoms with Gasteiger partial charge in [-0.05, 0) is 0 Å². The van der Waals surface area contributed by atoms with Crippen LogP contribution in [-0.4, -0.2) is 37.9 Å². The summed E-state index contributed by atoms with van der Waals surface area (Å²) >= 11 is 0. The lowest BCUT2D eigenvalue weighted by Gasteiger charge is -2.29. The maximum Gasteiger partial charge on any atom is 0.695 e. The van der Waals surface area contributed by atoms with Crippen molar-refractivity contribution in [1.82, 2.24) is 9.55 Å². The van der Waals surface area contributed by atoms with Crippen molar-refractivity contribution in [1.29, 1.82) is 0 Å². The first-order valence-corrected chi connectivity index (χ1v) is 6.72. The number of halogens is 1. The molecule has 108 valence electrons. The van der Waals surface area contributed by atoms with E-state index in [4.69, 9.17) is 15.4 Å². The molecular weight excluding hydrogens is 296 g/mol. The third-order valence-corrected chi connectivity index (χ3v) is 3.72. The molecule has 9 nitrogen and oxygen atoms in total. The Morgan fingerprint density at radius 3 is 2.95 bits per heavy atom. The van der Waals surface area contributed by atoms with Crippen molar-refractivity contribution in [3.8, 4) is 0 Å². The van der Waals surface area contributed by atoms with Crippen LogP contribution in [0.1, 0.15) is 18.0 Å². The Morgan fingerprint density at radius 2 is 2.30 bits per heavy atom.